The molecule has 0 amide bonds. The summed E-state index contributed by atoms with van der Waals surface area (Å²) in [6.45, 7) is 6.47. The summed E-state index contributed by atoms with van der Waals surface area (Å²) in [5.41, 5.74) is 2.95. The molecule has 2 N–H and O–H groups in total. The van der Waals surface area contributed by atoms with Crippen LogP contribution in [-0.4, -0.2) is 75.2 Å². The average molecular weight is 670 g/mol. The summed E-state index contributed by atoms with van der Waals surface area (Å²) in [5.74, 6) is 0.554. The zero-order valence-electron chi connectivity index (χ0n) is 28.2. The quantitative estimate of drug-likeness (QED) is 0.122. The Labute approximate surface area is 287 Å². The molecule has 4 aromatic carbocycles. The van der Waals surface area contributed by atoms with E-state index in [0.717, 1.165) is 32.3 Å². The zero-order valence-corrected chi connectivity index (χ0v) is 29.1. The molecular formula is C38H48BN3O5S. The van der Waals surface area contributed by atoms with Gasteiger partial charge in [0.25, 0.3) is 0 Å². The molecule has 4 rings (SSSR count). The summed E-state index contributed by atoms with van der Waals surface area (Å²) >= 11 is 0. The van der Waals surface area contributed by atoms with Crippen LogP contribution in [0.4, 0.5) is 0 Å². The molecule has 4 aromatic rings. The Morgan fingerprint density at radius 2 is 1.33 bits per heavy atom. The first kappa shape index (κ1) is 37.2. The van der Waals surface area contributed by atoms with E-state index in [0.29, 0.717) is 18.6 Å². The summed E-state index contributed by atoms with van der Waals surface area (Å²) in [6.07, 6.45) is 0.114. The first-order valence-corrected chi connectivity index (χ1v) is 17.9. The molecule has 48 heavy (non-hydrogen) atoms. The summed E-state index contributed by atoms with van der Waals surface area (Å²) in [4.78, 5) is 2.52. The maximum absolute atomic E-state index is 14.2. The molecule has 0 bridgehead atoms. The fourth-order valence-electron chi connectivity index (χ4n) is 5.81. The Morgan fingerprint density at radius 3 is 1.83 bits per heavy atom. The Hall–Kier alpha value is -3.67. The normalized spacial score (nSPS) is 13.3. The Kier molecular flexibility index (Phi) is 14.1. The van der Waals surface area contributed by atoms with Crippen molar-refractivity contribution in [2.75, 3.05) is 33.2 Å². The molecule has 0 saturated heterocycles. The minimum atomic E-state index is -4.01. The predicted octanol–water partition coefficient (Wildman–Crippen LogP) is 5.37. The van der Waals surface area contributed by atoms with Crippen molar-refractivity contribution in [3.05, 3.63) is 132 Å². The predicted molar refractivity (Wildman–Crippen MR) is 192 cm³/mol. The van der Waals surface area contributed by atoms with Crippen LogP contribution in [0.1, 0.15) is 37.0 Å². The van der Waals surface area contributed by atoms with Crippen LogP contribution in [0.25, 0.3) is 0 Å². The van der Waals surface area contributed by atoms with Crippen molar-refractivity contribution in [1.29, 1.82) is 0 Å². The SMILES string of the molecule is COc1ccc(S(=O)(=O)N(CC(O)C(Cc2ccccc2)NCB=O)CC(C)(C)CCN(Cc2ccccc2)Cc2ccccc2)cc1. The van der Waals surface area contributed by atoms with Gasteiger partial charge in [-0.2, -0.15) is 0 Å². The molecule has 2 atom stereocenters. The number of methoxy groups -OCH3 is 1. The third-order valence-electron chi connectivity index (χ3n) is 8.52. The van der Waals surface area contributed by atoms with Gasteiger partial charge in [-0.25, -0.2) is 0 Å². The number of nitrogens with zero attached hydrogens (tertiary/aromatic N) is 2. The van der Waals surface area contributed by atoms with Crippen molar-refractivity contribution in [1.82, 2.24) is 14.5 Å². The van der Waals surface area contributed by atoms with Crippen LogP contribution in [-0.2, 0) is 34.2 Å². The van der Waals surface area contributed by atoms with Gasteiger partial charge in [-0.15, -0.1) is 0 Å². The molecule has 2 unspecified atom stereocenters. The Bertz CT molecular complexity index is 1580. The molecule has 0 aliphatic rings. The monoisotopic (exact) mass is 669 g/mol. The van der Waals surface area contributed by atoms with Crippen LogP contribution in [0.3, 0.4) is 0 Å². The maximum atomic E-state index is 14.2. The van der Waals surface area contributed by atoms with Crippen LogP contribution in [0.2, 0.25) is 0 Å². The van der Waals surface area contributed by atoms with Crippen molar-refractivity contribution in [2.45, 2.75) is 56.8 Å². The minimum absolute atomic E-state index is 0.0456. The van der Waals surface area contributed by atoms with Gasteiger partial charge < -0.3 is 0 Å². The number of aliphatic hydroxyl groups excluding tert-OH is 1. The first-order valence-electron chi connectivity index (χ1n) is 16.4. The van der Waals surface area contributed by atoms with Crippen molar-refractivity contribution in [2.24, 2.45) is 5.41 Å². The Balaban J connectivity index is 1.57. The molecule has 0 spiro atoms. The number of hydrogen-bond donors (Lipinski definition) is 2. The molecule has 8 nitrogen and oxygen atoms in total. The summed E-state index contributed by atoms with van der Waals surface area (Å²) < 4.78 is 46.4. The third-order valence-corrected chi connectivity index (χ3v) is 10.3. The fourth-order valence-corrected chi connectivity index (χ4v) is 7.45. The van der Waals surface area contributed by atoms with Gasteiger partial charge in [0.05, 0.1) is 7.11 Å². The molecule has 0 radical (unpaired) electrons. The van der Waals surface area contributed by atoms with Crippen LogP contribution in [0.15, 0.2) is 120 Å². The van der Waals surface area contributed by atoms with Crippen molar-refractivity contribution in [3.8, 4) is 5.75 Å². The van der Waals surface area contributed by atoms with Crippen molar-refractivity contribution < 1.29 is 23.0 Å². The molecule has 254 valence electrons. The van der Waals surface area contributed by atoms with Gasteiger partial charge in [0, 0.05) is 0 Å². The van der Waals surface area contributed by atoms with E-state index in [2.05, 4.69) is 48.3 Å². The van der Waals surface area contributed by atoms with E-state index in [1.165, 1.54) is 34.7 Å². The van der Waals surface area contributed by atoms with E-state index in [9.17, 15) is 18.2 Å². The number of rotatable bonds is 20. The second kappa shape index (κ2) is 18.2. The van der Waals surface area contributed by atoms with Gasteiger partial charge in [0.1, 0.15) is 0 Å². The number of aliphatic hydroxyl groups is 1. The first-order chi connectivity index (χ1) is 23.1. The molecule has 0 aliphatic carbocycles. The van der Waals surface area contributed by atoms with E-state index in [4.69, 9.17) is 4.74 Å². The second-order valence-electron chi connectivity index (χ2n) is 13.0. The molecular weight excluding hydrogens is 621 g/mol. The second-order valence-corrected chi connectivity index (χ2v) is 14.9. The third kappa shape index (κ3) is 11.5. The van der Waals surface area contributed by atoms with E-state index in [1.54, 1.807) is 12.1 Å². The van der Waals surface area contributed by atoms with Crippen LogP contribution in [0, 0.1) is 5.41 Å². The number of benzene rings is 4. The number of ether oxygens (including phenoxy) is 1. The molecule has 10 heteroatoms. The van der Waals surface area contributed by atoms with Crippen molar-refractivity contribution >= 4 is 17.2 Å². The molecule has 0 heterocycles. The number of sulfonamides is 1. The number of hydrogen-bond acceptors (Lipinski definition) is 7. The fraction of sp³-hybridized carbons (Fsp3) is 0.368. The molecule has 0 aliphatic heterocycles. The van der Waals surface area contributed by atoms with Gasteiger partial charge in [-0.3, -0.25) is 0 Å². The van der Waals surface area contributed by atoms with Crippen molar-refractivity contribution in [3.63, 3.8) is 0 Å². The zero-order chi connectivity index (χ0) is 34.4. The topological polar surface area (TPSA) is 99.2 Å². The van der Waals surface area contributed by atoms with E-state index < -0.39 is 27.6 Å². The van der Waals surface area contributed by atoms with Gasteiger partial charge in [0.2, 0.25) is 0 Å². The average Bonchev–Trinajstić information content (AvgIpc) is 3.10. The molecule has 0 aromatic heterocycles. The van der Waals surface area contributed by atoms with E-state index >= 15 is 0 Å². The van der Waals surface area contributed by atoms with Crippen LogP contribution >= 0.6 is 0 Å². The van der Waals surface area contributed by atoms with Gasteiger partial charge >= 0.3 is 209 Å². The van der Waals surface area contributed by atoms with E-state index in [-0.39, 0.29) is 24.4 Å². The summed E-state index contributed by atoms with van der Waals surface area (Å²) in [7, 11) is -1.73. The molecule has 0 saturated carbocycles. The Morgan fingerprint density at radius 1 is 0.812 bits per heavy atom. The van der Waals surface area contributed by atoms with Gasteiger partial charge in [-0.1, -0.05) is 60.7 Å². The standard InChI is InChI=1S/C38H48BN3O5S/c1-38(2,23-24-41(26-32-15-9-5-10-16-32)27-33-17-11-6-12-18-33)29-42(48(45,46)35-21-19-34(47-3)20-22-35)28-37(43)36(40-30-39-44)25-31-13-7-4-8-14-31/h4-22,36-37,40,43H,23-30H2,1-3H3. The molecule has 0 fully saturated rings. The van der Waals surface area contributed by atoms with Crippen LogP contribution < -0.4 is 10.1 Å². The van der Waals surface area contributed by atoms with Gasteiger partial charge in [-0.05, 0) is 11.1 Å². The summed E-state index contributed by atoms with van der Waals surface area (Å²) in [5, 5.41) is 14.7. The van der Waals surface area contributed by atoms with E-state index in [1.807, 2.05) is 66.7 Å². The van der Waals surface area contributed by atoms with Gasteiger partial charge in [0.15, 0.2) is 0 Å². The number of nitrogens with one attached hydrogen (secondary N) is 1. The van der Waals surface area contributed by atoms with Crippen LogP contribution in [0.5, 0.6) is 5.75 Å². The summed E-state index contributed by atoms with van der Waals surface area (Å²) in [6, 6.07) is 36.1.